The van der Waals surface area contributed by atoms with Crippen LogP contribution < -0.4 is 15.4 Å². The van der Waals surface area contributed by atoms with Gasteiger partial charge in [-0.3, -0.25) is 14.9 Å². The fraction of sp³-hybridized carbons (Fsp3) is 0.286. The fourth-order valence-corrected chi connectivity index (χ4v) is 3.14. The first-order chi connectivity index (χ1) is 13.8. The number of carbonyl (C=O) groups is 2. The van der Waals surface area contributed by atoms with Crippen LogP contribution >= 0.6 is 28.1 Å². The summed E-state index contributed by atoms with van der Waals surface area (Å²) in [7, 11) is 3.48. The van der Waals surface area contributed by atoms with Gasteiger partial charge in [-0.1, -0.05) is 28.1 Å². The fourth-order valence-electron chi connectivity index (χ4n) is 2.57. The van der Waals surface area contributed by atoms with Crippen LogP contribution in [0.3, 0.4) is 0 Å². The molecule has 0 aliphatic carbocycles. The Bertz CT molecular complexity index is 902. The average molecular weight is 478 g/mol. The van der Waals surface area contributed by atoms with Crippen LogP contribution in [0.1, 0.15) is 29.3 Å². The van der Waals surface area contributed by atoms with E-state index in [-0.39, 0.29) is 16.9 Å². The molecule has 154 valence electrons. The van der Waals surface area contributed by atoms with Gasteiger partial charge in [-0.15, -0.1) is 0 Å². The minimum absolute atomic E-state index is 0.0743. The van der Waals surface area contributed by atoms with Crippen molar-refractivity contribution in [3.8, 4) is 5.75 Å². The van der Waals surface area contributed by atoms with Crippen molar-refractivity contribution in [2.45, 2.75) is 19.8 Å². The van der Waals surface area contributed by atoms with E-state index in [1.54, 1.807) is 31.1 Å². The largest absolute Gasteiger partial charge is 0.493 e. The Morgan fingerprint density at radius 3 is 2.62 bits per heavy atom. The van der Waals surface area contributed by atoms with Crippen LogP contribution in [0.15, 0.2) is 46.9 Å². The summed E-state index contributed by atoms with van der Waals surface area (Å²) in [5.74, 6) is 0.203. The molecule has 2 aromatic carbocycles. The van der Waals surface area contributed by atoms with Gasteiger partial charge in [0.2, 0.25) is 5.91 Å². The second-order valence-corrected chi connectivity index (χ2v) is 7.79. The Hall–Kier alpha value is -2.45. The standard InChI is InChI=1S/C21H24BrN3O3S/c1-4-28-18-10-9-15(22)13-17(18)20(27)24-21(29)23-16-7-5-6-14(12-16)8-11-19(26)25(2)3/h5-7,9-10,12-13H,4,8,11H2,1-3H3,(H2,23,24,27,29). The van der Waals surface area contributed by atoms with Gasteiger partial charge in [0.05, 0.1) is 12.2 Å². The molecule has 0 spiro atoms. The normalized spacial score (nSPS) is 10.2. The van der Waals surface area contributed by atoms with Crippen molar-refractivity contribution in [2.24, 2.45) is 0 Å². The Labute approximate surface area is 184 Å². The van der Waals surface area contributed by atoms with Crippen molar-refractivity contribution in [1.82, 2.24) is 10.2 Å². The molecule has 0 aromatic heterocycles. The first kappa shape index (κ1) is 22.8. The summed E-state index contributed by atoms with van der Waals surface area (Å²) in [6.45, 7) is 2.31. The number of thiocarbonyl (C=S) groups is 1. The summed E-state index contributed by atoms with van der Waals surface area (Å²) in [5.41, 5.74) is 2.13. The van der Waals surface area contributed by atoms with E-state index in [4.69, 9.17) is 17.0 Å². The number of aryl methyl sites for hydroxylation is 1. The topological polar surface area (TPSA) is 70.7 Å². The lowest BCUT2D eigenvalue weighted by Gasteiger charge is -2.14. The molecule has 29 heavy (non-hydrogen) atoms. The average Bonchev–Trinajstić information content (AvgIpc) is 2.67. The van der Waals surface area contributed by atoms with Crippen molar-refractivity contribution in [3.63, 3.8) is 0 Å². The van der Waals surface area contributed by atoms with Crippen LogP contribution in [0.4, 0.5) is 5.69 Å². The maximum atomic E-state index is 12.6. The van der Waals surface area contributed by atoms with Crippen molar-refractivity contribution < 1.29 is 14.3 Å². The number of amides is 2. The molecule has 6 nitrogen and oxygen atoms in total. The minimum Gasteiger partial charge on any atom is -0.493 e. The number of nitrogens with one attached hydrogen (secondary N) is 2. The monoisotopic (exact) mass is 477 g/mol. The maximum Gasteiger partial charge on any atom is 0.261 e. The number of carbonyl (C=O) groups excluding carboxylic acids is 2. The molecule has 0 aliphatic heterocycles. The van der Waals surface area contributed by atoms with Crippen LogP contribution in [-0.4, -0.2) is 42.5 Å². The van der Waals surface area contributed by atoms with Crippen LogP contribution in [-0.2, 0) is 11.2 Å². The molecule has 0 atom stereocenters. The van der Waals surface area contributed by atoms with E-state index < -0.39 is 0 Å². The number of benzene rings is 2. The molecule has 2 amide bonds. The summed E-state index contributed by atoms with van der Waals surface area (Å²) in [6.07, 6.45) is 1.06. The molecule has 0 aliphatic rings. The number of nitrogens with zero attached hydrogens (tertiary/aromatic N) is 1. The van der Waals surface area contributed by atoms with Gasteiger partial charge in [-0.05, 0) is 61.5 Å². The minimum atomic E-state index is -0.361. The molecule has 2 aromatic rings. The molecule has 2 rings (SSSR count). The van der Waals surface area contributed by atoms with Gasteiger partial charge < -0.3 is 15.0 Å². The predicted octanol–water partition coefficient (Wildman–Crippen LogP) is 4.00. The van der Waals surface area contributed by atoms with Gasteiger partial charge in [-0.2, -0.15) is 0 Å². The SMILES string of the molecule is CCOc1ccc(Br)cc1C(=O)NC(=S)Nc1cccc(CCC(=O)N(C)C)c1. The van der Waals surface area contributed by atoms with Gasteiger partial charge in [-0.25, -0.2) is 0 Å². The van der Waals surface area contributed by atoms with Crippen LogP contribution in [0, 0.1) is 0 Å². The van der Waals surface area contributed by atoms with Crippen molar-refractivity contribution >= 4 is 50.8 Å². The molecule has 0 saturated heterocycles. The lowest BCUT2D eigenvalue weighted by molar-refractivity contribution is -0.128. The van der Waals surface area contributed by atoms with Crippen molar-refractivity contribution in [2.75, 3.05) is 26.0 Å². The Morgan fingerprint density at radius 2 is 1.93 bits per heavy atom. The van der Waals surface area contributed by atoms with Gasteiger partial charge >= 0.3 is 0 Å². The van der Waals surface area contributed by atoms with Crippen LogP contribution in [0.2, 0.25) is 0 Å². The number of rotatable bonds is 7. The molecule has 8 heteroatoms. The quantitative estimate of drug-likeness (QED) is 0.589. The van der Waals surface area contributed by atoms with Crippen molar-refractivity contribution in [1.29, 1.82) is 0 Å². The molecular weight excluding hydrogens is 454 g/mol. The molecule has 0 unspecified atom stereocenters. The number of anilines is 1. The molecule has 0 radical (unpaired) electrons. The Kier molecular flexibility index (Phi) is 8.60. The zero-order chi connectivity index (χ0) is 21.4. The van der Waals surface area contributed by atoms with Crippen LogP contribution in [0.5, 0.6) is 5.75 Å². The summed E-state index contributed by atoms with van der Waals surface area (Å²) in [4.78, 5) is 26.0. The molecular formula is C21H24BrN3O3S. The molecule has 0 bridgehead atoms. The third-order valence-corrected chi connectivity index (χ3v) is 4.72. The lowest BCUT2D eigenvalue weighted by Crippen LogP contribution is -2.34. The second-order valence-electron chi connectivity index (χ2n) is 6.47. The number of hydrogen-bond acceptors (Lipinski definition) is 4. The highest BCUT2D eigenvalue weighted by atomic mass is 79.9. The number of halogens is 1. The van der Waals surface area contributed by atoms with E-state index in [1.165, 1.54) is 0 Å². The first-order valence-electron chi connectivity index (χ1n) is 9.14. The van der Waals surface area contributed by atoms with Crippen LogP contribution in [0.25, 0.3) is 0 Å². The maximum absolute atomic E-state index is 12.6. The van der Waals surface area contributed by atoms with Gasteiger partial charge in [0.25, 0.3) is 5.91 Å². The highest BCUT2D eigenvalue weighted by molar-refractivity contribution is 9.10. The van der Waals surface area contributed by atoms with Gasteiger partial charge in [0, 0.05) is 30.7 Å². The van der Waals surface area contributed by atoms with Gasteiger partial charge in [0.1, 0.15) is 5.75 Å². The smallest absolute Gasteiger partial charge is 0.261 e. The lowest BCUT2D eigenvalue weighted by atomic mass is 10.1. The number of hydrogen-bond donors (Lipinski definition) is 2. The van der Waals surface area contributed by atoms with E-state index in [0.29, 0.717) is 30.8 Å². The highest BCUT2D eigenvalue weighted by Crippen LogP contribution is 2.23. The van der Waals surface area contributed by atoms with Crippen molar-refractivity contribution in [3.05, 3.63) is 58.1 Å². The van der Waals surface area contributed by atoms with E-state index in [1.807, 2.05) is 37.3 Å². The molecule has 2 N–H and O–H groups in total. The summed E-state index contributed by atoms with van der Waals surface area (Å²) >= 11 is 8.65. The number of ether oxygens (including phenoxy) is 1. The zero-order valence-electron chi connectivity index (χ0n) is 16.6. The summed E-state index contributed by atoms with van der Waals surface area (Å²) in [6, 6.07) is 12.8. The van der Waals surface area contributed by atoms with E-state index in [9.17, 15) is 9.59 Å². The Balaban J connectivity index is 2.01. The molecule has 0 fully saturated rings. The summed E-state index contributed by atoms with van der Waals surface area (Å²) < 4.78 is 6.28. The third kappa shape index (κ3) is 7.14. The van der Waals surface area contributed by atoms with Gasteiger partial charge in [0.15, 0.2) is 5.11 Å². The second kappa shape index (κ2) is 10.9. The summed E-state index contributed by atoms with van der Waals surface area (Å²) in [5, 5.41) is 5.87. The first-order valence-corrected chi connectivity index (χ1v) is 10.3. The predicted molar refractivity (Wildman–Crippen MR) is 122 cm³/mol. The molecule has 0 saturated carbocycles. The molecule has 0 heterocycles. The van der Waals surface area contributed by atoms with E-state index >= 15 is 0 Å². The third-order valence-electron chi connectivity index (χ3n) is 4.02. The highest BCUT2D eigenvalue weighted by Gasteiger charge is 2.15. The van der Waals surface area contributed by atoms with E-state index in [2.05, 4.69) is 26.6 Å². The zero-order valence-corrected chi connectivity index (χ0v) is 19.0. The Morgan fingerprint density at radius 1 is 1.17 bits per heavy atom. The van der Waals surface area contributed by atoms with E-state index in [0.717, 1.165) is 15.7 Å².